The predicted octanol–water partition coefficient (Wildman–Crippen LogP) is 3.29. The van der Waals surface area contributed by atoms with Crippen molar-refractivity contribution in [2.45, 2.75) is 19.9 Å². The summed E-state index contributed by atoms with van der Waals surface area (Å²) in [5, 5.41) is 12.4. The maximum Gasteiger partial charge on any atom is 0.144 e. The normalized spacial score (nSPS) is 16.6. The molecule has 124 valence electrons. The molecule has 0 bridgehead atoms. The summed E-state index contributed by atoms with van der Waals surface area (Å²) in [6, 6.07) is 11.8. The highest BCUT2D eigenvalue weighted by Crippen LogP contribution is 2.24. The number of rotatable bonds is 6. The molecule has 5 heteroatoms. The van der Waals surface area contributed by atoms with Crippen LogP contribution in [-0.4, -0.2) is 24.8 Å². The van der Waals surface area contributed by atoms with Crippen LogP contribution in [0.5, 0.6) is 5.75 Å². The third kappa shape index (κ3) is 4.03. The van der Waals surface area contributed by atoms with E-state index in [2.05, 4.69) is 41.5 Å². The molecule has 0 radical (unpaired) electrons. The highest BCUT2D eigenvalue weighted by molar-refractivity contribution is 5.52. The Morgan fingerprint density at radius 1 is 1.42 bits per heavy atom. The second-order valence-electron chi connectivity index (χ2n) is 6.02. The maximum atomic E-state index is 9.15. The molecule has 1 aromatic heterocycles. The molecule has 0 unspecified atom stereocenters. The van der Waals surface area contributed by atoms with E-state index in [0.717, 1.165) is 36.5 Å². The van der Waals surface area contributed by atoms with Gasteiger partial charge in [0.25, 0.3) is 0 Å². The van der Waals surface area contributed by atoms with Crippen molar-refractivity contribution in [3.63, 3.8) is 0 Å². The van der Waals surface area contributed by atoms with Gasteiger partial charge in [-0.1, -0.05) is 12.1 Å². The molecule has 3 rings (SSSR count). The summed E-state index contributed by atoms with van der Waals surface area (Å²) < 4.78 is 11.4. The lowest BCUT2D eigenvalue weighted by Gasteiger charge is -2.16. The Morgan fingerprint density at radius 3 is 3.12 bits per heavy atom. The molecule has 2 aromatic rings. The molecular weight excluding hydrogens is 302 g/mol. The summed E-state index contributed by atoms with van der Waals surface area (Å²) in [4.78, 5) is 4.23. The van der Waals surface area contributed by atoms with E-state index in [1.807, 2.05) is 0 Å². The second kappa shape index (κ2) is 7.80. The van der Waals surface area contributed by atoms with E-state index in [0.29, 0.717) is 30.5 Å². The standard InChI is InChI=1S/C19H21N3O2/c1-14-4-5-17(11-22-19-16(10-20)3-2-7-21-19)18(9-14)24-13-15-6-8-23-12-15/h2-5,7,9,15H,6,8,11-13H2,1H3,(H,21,22)/t15-/m1/s1. The first-order valence-corrected chi connectivity index (χ1v) is 8.15. The van der Waals surface area contributed by atoms with Crippen molar-refractivity contribution in [3.05, 3.63) is 53.2 Å². The van der Waals surface area contributed by atoms with Crippen molar-refractivity contribution in [2.24, 2.45) is 5.92 Å². The Bertz CT molecular complexity index is 734. The summed E-state index contributed by atoms with van der Waals surface area (Å²) in [6.45, 7) is 4.88. The van der Waals surface area contributed by atoms with Crippen molar-refractivity contribution >= 4 is 5.82 Å². The van der Waals surface area contributed by atoms with Gasteiger partial charge in [0.05, 0.1) is 18.8 Å². The van der Waals surface area contributed by atoms with Crippen LogP contribution in [0.2, 0.25) is 0 Å². The van der Waals surface area contributed by atoms with Crippen LogP contribution in [0.1, 0.15) is 23.1 Å². The third-order valence-electron chi connectivity index (χ3n) is 4.10. The SMILES string of the molecule is Cc1ccc(CNc2ncccc2C#N)c(OC[C@@H]2CCOC2)c1. The third-order valence-corrected chi connectivity index (χ3v) is 4.10. The van der Waals surface area contributed by atoms with Crippen LogP contribution in [0.25, 0.3) is 0 Å². The smallest absolute Gasteiger partial charge is 0.144 e. The summed E-state index contributed by atoms with van der Waals surface area (Å²) >= 11 is 0. The maximum absolute atomic E-state index is 9.15. The summed E-state index contributed by atoms with van der Waals surface area (Å²) in [5.41, 5.74) is 2.75. The summed E-state index contributed by atoms with van der Waals surface area (Å²) in [7, 11) is 0. The topological polar surface area (TPSA) is 67.2 Å². The minimum atomic E-state index is 0.465. The van der Waals surface area contributed by atoms with Gasteiger partial charge in [-0.2, -0.15) is 5.26 Å². The van der Waals surface area contributed by atoms with Crippen LogP contribution < -0.4 is 10.1 Å². The van der Waals surface area contributed by atoms with Crippen LogP contribution >= 0.6 is 0 Å². The zero-order valence-corrected chi connectivity index (χ0v) is 13.8. The zero-order chi connectivity index (χ0) is 16.8. The molecule has 2 heterocycles. The van der Waals surface area contributed by atoms with Gasteiger partial charge in [0.2, 0.25) is 0 Å². The van der Waals surface area contributed by atoms with Gasteiger partial charge >= 0.3 is 0 Å². The van der Waals surface area contributed by atoms with Crippen molar-refractivity contribution in [3.8, 4) is 11.8 Å². The number of aryl methyl sites for hydroxylation is 1. The number of nitriles is 1. The molecule has 1 N–H and O–H groups in total. The number of nitrogens with zero attached hydrogens (tertiary/aromatic N) is 2. The number of pyridine rings is 1. The van der Waals surface area contributed by atoms with E-state index in [9.17, 15) is 0 Å². The van der Waals surface area contributed by atoms with Gasteiger partial charge in [-0.25, -0.2) is 4.98 Å². The van der Waals surface area contributed by atoms with E-state index in [1.165, 1.54) is 0 Å². The van der Waals surface area contributed by atoms with Gasteiger partial charge in [-0.05, 0) is 37.1 Å². The fraction of sp³-hybridized carbons (Fsp3) is 0.368. The highest BCUT2D eigenvalue weighted by atomic mass is 16.5. The van der Waals surface area contributed by atoms with Crippen LogP contribution in [0.4, 0.5) is 5.82 Å². The van der Waals surface area contributed by atoms with Gasteiger partial charge in [0.15, 0.2) is 0 Å². The van der Waals surface area contributed by atoms with E-state index >= 15 is 0 Å². The molecule has 5 nitrogen and oxygen atoms in total. The Kier molecular flexibility index (Phi) is 5.29. The van der Waals surface area contributed by atoms with Crippen LogP contribution in [0.3, 0.4) is 0 Å². The predicted molar refractivity (Wildman–Crippen MR) is 91.9 cm³/mol. The minimum Gasteiger partial charge on any atom is -0.493 e. The lowest BCUT2D eigenvalue weighted by Crippen LogP contribution is -2.13. The highest BCUT2D eigenvalue weighted by Gasteiger charge is 2.17. The summed E-state index contributed by atoms with van der Waals surface area (Å²) in [6.07, 6.45) is 2.73. The number of anilines is 1. The molecule has 1 aromatic carbocycles. The minimum absolute atomic E-state index is 0.465. The molecule has 1 atom stereocenters. The number of ether oxygens (including phenoxy) is 2. The van der Waals surface area contributed by atoms with Gasteiger partial charge < -0.3 is 14.8 Å². The molecule has 1 saturated heterocycles. The first-order valence-electron chi connectivity index (χ1n) is 8.15. The fourth-order valence-electron chi connectivity index (χ4n) is 2.68. The Hall–Kier alpha value is -2.58. The van der Waals surface area contributed by atoms with Crippen LogP contribution in [0.15, 0.2) is 36.5 Å². The van der Waals surface area contributed by atoms with Crippen molar-refractivity contribution < 1.29 is 9.47 Å². The lowest BCUT2D eigenvalue weighted by atomic mass is 10.1. The van der Waals surface area contributed by atoms with Crippen molar-refractivity contribution in [1.82, 2.24) is 4.98 Å². The number of nitrogens with one attached hydrogen (secondary N) is 1. The van der Waals surface area contributed by atoms with Crippen LogP contribution in [0, 0.1) is 24.2 Å². The van der Waals surface area contributed by atoms with Crippen molar-refractivity contribution in [2.75, 3.05) is 25.1 Å². The molecule has 1 aliphatic rings. The number of hydrogen-bond donors (Lipinski definition) is 1. The van der Waals surface area contributed by atoms with Gasteiger partial charge in [0.1, 0.15) is 17.6 Å². The molecule has 0 spiro atoms. The molecule has 24 heavy (non-hydrogen) atoms. The van der Waals surface area contributed by atoms with Crippen LogP contribution in [-0.2, 0) is 11.3 Å². The monoisotopic (exact) mass is 323 g/mol. The Labute approximate surface area is 142 Å². The van der Waals surface area contributed by atoms with E-state index in [1.54, 1.807) is 18.3 Å². The molecule has 1 fully saturated rings. The molecule has 0 amide bonds. The number of benzene rings is 1. The Morgan fingerprint density at radius 2 is 2.33 bits per heavy atom. The Balaban J connectivity index is 1.69. The average Bonchev–Trinajstić information content (AvgIpc) is 3.13. The number of aromatic nitrogens is 1. The molecule has 0 saturated carbocycles. The average molecular weight is 323 g/mol. The molecule has 0 aliphatic carbocycles. The van der Waals surface area contributed by atoms with Gasteiger partial charge in [-0.15, -0.1) is 0 Å². The second-order valence-corrected chi connectivity index (χ2v) is 6.02. The molecular formula is C19H21N3O2. The first kappa shape index (κ1) is 16.3. The number of hydrogen-bond acceptors (Lipinski definition) is 5. The quantitative estimate of drug-likeness (QED) is 0.883. The van der Waals surface area contributed by atoms with Gasteiger partial charge in [0, 0.05) is 30.8 Å². The largest absolute Gasteiger partial charge is 0.493 e. The summed E-state index contributed by atoms with van der Waals surface area (Å²) in [5.74, 6) is 1.94. The van der Waals surface area contributed by atoms with E-state index in [-0.39, 0.29) is 0 Å². The fourth-order valence-corrected chi connectivity index (χ4v) is 2.68. The van der Waals surface area contributed by atoms with Gasteiger partial charge in [-0.3, -0.25) is 0 Å². The van der Waals surface area contributed by atoms with E-state index < -0.39 is 0 Å². The molecule has 1 aliphatic heterocycles. The first-order chi connectivity index (χ1) is 11.8. The lowest BCUT2D eigenvalue weighted by molar-refractivity contribution is 0.167. The van der Waals surface area contributed by atoms with Crippen molar-refractivity contribution in [1.29, 1.82) is 5.26 Å². The zero-order valence-electron chi connectivity index (χ0n) is 13.8. The van der Waals surface area contributed by atoms with E-state index in [4.69, 9.17) is 14.7 Å².